The SMILES string of the molecule is C=C[C@@H]1C[C@H](OCc2ccc(OC)cc2)C[C@]12C(=O)[C@@H]([C@H](OC(C)=O)C(=C)COCc1ccc(OC)cc1)[C@@H]1C(C)(C)[C@]1(O[Si](C)(C)C(C)(C)C)C[C@H]2C. The maximum Gasteiger partial charge on any atom is 0.303 e. The Labute approximate surface area is 325 Å². The third-order valence-electron chi connectivity index (χ3n) is 13.6. The van der Waals surface area contributed by atoms with Crippen LogP contribution in [0.4, 0.5) is 0 Å². The fourth-order valence-corrected chi connectivity index (χ4v) is 11.2. The van der Waals surface area contributed by atoms with Gasteiger partial charge in [0.1, 0.15) is 23.4 Å². The molecule has 0 bridgehead atoms. The van der Waals surface area contributed by atoms with E-state index >= 15 is 4.79 Å². The van der Waals surface area contributed by atoms with E-state index in [1.807, 2.05) is 54.6 Å². The minimum Gasteiger partial charge on any atom is -0.497 e. The van der Waals surface area contributed by atoms with E-state index in [1.54, 1.807) is 14.2 Å². The number of fused-ring (bicyclic) bond motifs is 1. The van der Waals surface area contributed by atoms with E-state index < -0.39 is 37.3 Å². The maximum atomic E-state index is 15.9. The van der Waals surface area contributed by atoms with Gasteiger partial charge in [-0.25, -0.2) is 0 Å². The molecule has 2 aromatic carbocycles. The number of allylic oxidation sites excluding steroid dienone is 1. The lowest BCUT2D eigenvalue weighted by Crippen LogP contribution is -2.49. The van der Waals surface area contributed by atoms with Crippen LogP contribution in [0.15, 0.2) is 73.3 Å². The van der Waals surface area contributed by atoms with Crippen molar-refractivity contribution in [2.45, 2.75) is 117 Å². The third-order valence-corrected chi connectivity index (χ3v) is 18.0. The number of ether oxygens (including phenoxy) is 5. The number of hydrogen-bond acceptors (Lipinski definition) is 8. The highest BCUT2D eigenvalue weighted by Crippen LogP contribution is 2.76. The molecule has 3 fully saturated rings. The first-order chi connectivity index (χ1) is 25.3. The number of benzene rings is 2. The molecule has 8 atom stereocenters. The monoisotopic (exact) mass is 760 g/mol. The van der Waals surface area contributed by atoms with Crippen molar-refractivity contribution in [1.29, 1.82) is 0 Å². The van der Waals surface area contributed by atoms with Crippen molar-refractivity contribution in [3.8, 4) is 11.5 Å². The van der Waals surface area contributed by atoms with E-state index in [4.69, 9.17) is 28.1 Å². The first kappa shape index (κ1) is 41.9. The first-order valence-electron chi connectivity index (χ1n) is 19.4. The lowest BCUT2D eigenvalue weighted by atomic mass is 9.61. The standard InChI is InChI=1S/C45H64O8Si/c1-14-34-23-37(51-28-33-17-21-36(49-11)22-18-33)25-44(34)30(3)24-45(53-54(12,13)42(5,6)7)40(43(45,8)9)38(41(44)47)39(52-31(4)46)29(2)26-50-27-32-15-19-35(48-10)20-16-32/h14-22,30,34,37-40H,1-2,23-28H2,3-13H3/t30-,34-,37+,38+,39-,40-,44-,45+/m1/s1. The highest BCUT2D eigenvalue weighted by molar-refractivity contribution is 6.74. The van der Waals surface area contributed by atoms with Crippen LogP contribution in [0, 0.1) is 34.5 Å². The number of esters is 1. The largest absolute Gasteiger partial charge is 0.497 e. The predicted octanol–water partition coefficient (Wildman–Crippen LogP) is 9.52. The zero-order valence-electron chi connectivity index (χ0n) is 34.6. The Morgan fingerprint density at radius 1 is 0.963 bits per heavy atom. The summed E-state index contributed by atoms with van der Waals surface area (Å²) in [7, 11) is 0.938. The molecule has 0 radical (unpaired) electrons. The number of Topliss-reactive ketones (excluding diaryl/α,β-unsaturated/α-hetero) is 1. The van der Waals surface area contributed by atoms with E-state index in [0.717, 1.165) is 22.6 Å². The lowest BCUT2D eigenvalue weighted by Gasteiger charge is -2.44. The molecule has 5 rings (SSSR count). The van der Waals surface area contributed by atoms with Gasteiger partial charge in [-0.3, -0.25) is 9.59 Å². The van der Waals surface area contributed by atoms with E-state index in [-0.39, 0.29) is 46.7 Å². The molecule has 0 aromatic heterocycles. The van der Waals surface area contributed by atoms with Gasteiger partial charge < -0.3 is 28.1 Å². The zero-order valence-corrected chi connectivity index (χ0v) is 35.6. The Kier molecular flexibility index (Phi) is 12.2. The molecular weight excluding hydrogens is 697 g/mol. The number of hydrogen-bond donors (Lipinski definition) is 0. The van der Waals surface area contributed by atoms with Crippen molar-refractivity contribution in [2.24, 2.45) is 34.5 Å². The van der Waals surface area contributed by atoms with E-state index in [0.29, 0.717) is 38.0 Å². The predicted molar refractivity (Wildman–Crippen MR) is 215 cm³/mol. The number of rotatable bonds is 15. The van der Waals surface area contributed by atoms with Crippen LogP contribution >= 0.6 is 0 Å². The van der Waals surface area contributed by atoms with E-state index in [2.05, 4.69) is 67.8 Å². The molecule has 0 amide bonds. The van der Waals surface area contributed by atoms with Gasteiger partial charge >= 0.3 is 5.97 Å². The molecular formula is C45H64O8Si. The quantitative estimate of drug-likeness (QED) is 0.101. The summed E-state index contributed by atoms with van der Waals surface area (Å²) in [5.74, 6) is 0.0952. The van der Waals surface area contributed by atoms with Crippen LogP contribution in [0.3, 0.4) is 0 Å². The summed E-state index contributed by atoms with van der Waals surface area (Å²) in [4.78, 5) is 28.9. The summed E-state index contributed by atoms with van der Waals surface area (Å²) in [5.41, 5.74) is 0.800. The summed E-state index contributed by atoms with van der Waals surface area (Å²) < 4.78 is 37.3. The molecule has 3 aliphatic carbocycles. The third kappa shape index (κ3) is 7.75. The van der Waals surface area contributed by atoms with Crippen LogP contribution in [0.1, 0.15) is 78.9 Å². The molecule has 1 spiro atoms. The second-order valence-corrected chi connectivity index (χ2v) is 22.8. The molecule has 296 valence electrons. The summed E-state index contributed by atoms with van der Waals surface area (Å²) >= 11 is 0. The van der Waals surface area contributed by atoms with Crippen LogP contribution < -0.4 is 9.47 Å². The average Bonchev–Trinajstić information content (AvgIpc) is 3.38. The molecule has 9 heteroatoms. The van der Waals surface area contributed by atoms with Crippen molar-refractivity contribution in [1.82, 2.24) is 0 Å². The Morgan fingerprint density at radius 3 is 2.02 bits per heavy atom. The van der Waals surface area contributed by atoms with Crippen molar-refractivity contribution >= 4 is 20.1 Å². The van der Waals surface area contributed by atoms with Crippen molar-refractivity contribution in [2.75, 3.05) is 20.8 Å². The summed E-state index contributed by atoms with van der Waals surface area (Å²) in [5, 5.41) is -0.0523. The summed E-state index contributed by atoms with van der Waals surface area (Å²) in [6, 6.07) is 15.6. The fraction of sp³-hybridized carbons (Fsp3) is 0.600. The Bertz CT molecular complexity index is 1670. The van der Waals surface area contributed by atoms with Gasteiger partial charge in [0, 0.05) is 18.3 Å². The van der Waals surface area contributed by atoms with Gasteiger partial charge in [-0.05, 0) is 95.6 Å². The number of carbonyl (C=O) groups is 2. The molecule has 3 saturated carbocycles. The van der Waals surface area contributed by atoms with Gasteiger partial charge in [0.2, 0.25) is 0 Å². The second kappa shape index (κ2) is 15.7. The first-order valence-corrected chi connectivity index (χ1v) is 22.4. The lowest BCUT2D eigenvalue weighted by molar-refractivity contribution is -0.154. The highest BCUT2D eigenvalue weighted by Gasteiger charge is 2.81. The molecule has 3 aliphatic rings. The van der Waals surface area contributed by atoms with Gasteiger partial charge in [-0.15, -0.1) is 6.58 Å². The molecule has 0 aliphatic heterocycles. The number of ketones is 1. The molecule has 0 saturated heterocycles. The Hall–Kier alpha value is -3.24. The molecule has 0 heterocycles. The fourth-order valence-electron chi connectivity index (χ4n) is 9.50. The molecule has 2 aromatic rings. The molecule has 8 nitrogen and oxygen atoms in total. The van der Waals surface area contributed by atoms with Crippen LogP contribution in [0.2, 0.25) is 18.1 Å². The van der Waals surface area contributed by atoms with Gasteiger partial charge in [-0.2, -0.15) is 0 Å². The van der Waals surface area contributed by atoms with Crippen LogP contribution in [0.25, 0.3) is 0 Å². The zero-order chi connectivity index (χ0) is 39.9. The molecule has 54 heavy (non-hydrogen) atoms. The van der Waals surface area contributed by atoms with Gasteiger partial charge in [0.25, 0.3) is 0 Å². The second-order valence-electron chi connectivity index (χ2n) is 18.1. The van der Waals surface area contributed by atoms with Crippen molar-refractivity contribution in [3.63, 3.8) is 0 Å². The van der Waals surface area contributed by atoms with Gasteiger partial charge in [-0.1, -0.05) is 78.5 Å². The van der Waals surface area contributed by atoms with Crippen LogP contribution in [-0.4, -0.2) is 58.7 Å². The normalized spacial score (nSPS) is 29.5. The highest BCUT2D eigenvalue weighted by atomic mass is 28.4. The summed E-state index contributed by atoms with van der Waals surface area (Å²) in [6.45, 7) is 29.0. The summed E-state index contributed by atoms with van der Waals surface area (Å²) in [6.07, 6.45) is 2.84. The van der Waals surface area contributed by atoms with Crippen molar-refractivity contribution in [3.05, 3.63) is 84.5 Å². The minimum atomic E-state index is -2.35. The molecule has 0 N–H and O–H groups in total. The van der Waals surface area contributed by atoms with Crippen molar-refractivity contribution < 1.29 is 37.7 Å². The van der Waals surface area contributed by atoms with E-state index in [9.17, 15) is 4.79 Å². The number of carbonyl (C=O) groups excluding carboxylic acids is 2. The average molecular weight is 761 g/mol. The van der Waals surface area contributed by atoms with Gasteiger partial charge in [0.05, 0.1) is 51.7 Å². The van der Waals surface area contributed by atoms with Crippen LogP contribution in [-0.2, 0) is 41.4 Å². The maximum absolute atomic E-state index is 15.9. The topological polar surface area (TPSA) is 89.5 Å². The molecule has 0 unspecified atom stereocenters. The Balaban J connectivity index is 1.53. The Morgan fingerprint density at radius 2 is 1.52 bits per heavy atom. The van der Waals surface area contributed by atoms with Crippen LogP contribution in [0.5, 0.6) is 11.5 Å². The minimum absolute atomic E-state index is 0.0523. The smallest absolute Gasteiger partial charge is 0.303 e. The van der Waals surface area contributed by atoms with Gasteiger partial charge in [0.15, 0.2) is 8.32 Å². The number of methoxy groups -OCH3 is 2. The van der Waals surface area contributed by atoms with E-state index in [1.165, 1.54) is 6.92 Å².